The number of nitrogens with zero attached hydrogens (tertiary/aromatic N) is 1. The fraction of sp³-hybridized carbons (Fsp3) is 0.250. The van der Waals surface area contributed by atoms with Crippen LogP contribution in [-0.4, -0.2) is 40.2 Å². The summed E-state index contributed by atoms with van der Waals surface area (Å²) in [5.74, 6) is 0.00112. The zero-order valence-corrected chi connectivity index (χ0v) is 14.8. The normalized spacial score (nSPS) is 10.8. The van der Waals surface area contributed by atoms with E-state index in [1.807, 2.05) is 0 Å². The van der Waals surface area contributed by atoms with E-state index in [4.69, 9.17) is 14.2 Å². The summed E-state index contributed by atoms with van der Waals surface area (Å²) in [6, 6.07) is 5.67. The van der Waals surface area contributed by atoms with Gasteiger partial charge in [0, 0.05) is 12.3 Å². The molecule has 9 heteroatoms. The maximum absolute atomic E-state index is 12.6. The number of anilines is 1. The highest BCUT2D eigenvalue weighted by Crippen LogP contribution is 2.29. The molecular formula is C16H18N2O6S. The van der Waals surface area contributed by atoms with Crippen molar-refractivity contribution in [2.75, 3.05) is 25.5 Å². The van der Waals surface area contributed by atoms with Gasteiger partial charge >= 0.3 is 5.97 Å². The van der Waals surface area contributed by atoms with Crippen molar-refractivity contribution in [1.82, 2.24) is 4.98 Å². The third-order valence-corrected chi connectivity index (χ3v) is 4.58. The number of pyridine rings is 1. The van der Waals surface area contributed by atoms with E-state index in [0.29, 0.717) is 5.75 Å². The quantitative estimate of drug-likeness (QED) is 0.748. The van der Waals surface area contributed by atoms with Gasteiger partial charge in [-0.2, -0.15) is 0 Å². The molecule has 0 radical (unpaired) electrons. The van der Waals surface area contributed by atoms with Gasteiger partial charge in [-0.25, -0.2) is 13.2 Å². The Labute approximate surface area is 145 Å². The number of benzene rings is 1. The van der Waals surface area contributed by atoms with Gasteiger partial charge in [-0.1, -0.05) is 0 Å². The first-order valence-electron chi connectivity index (χ1n) is 7.28. The summed E-state index contributed by atoms with van der Waals surface area (Å²) in [7, 11) is -1.13. The molecule has 2 aromatic rings. The van der Waals surface area contributed by atoms with Crippen molar-refractivity contribution in [1.29, 1.82) is 0 Å². The molecule has 0 aliphatic carbocycles. The van der Waals surface area contributed by atoms with Gasteiger partial charge in [0.25, 0.3) is 10.0 Å². The molecule has 1 heterocycles. The highest BCUT2D eigenvalue weighted by molar-refractivity contribution is 7.92. The number of carbonyl (C=O) groups is 1. The Kier molecular flexibility index (Phi) is 5.81. The minimum absolute atomic E-state index is 0.0719. The van der Waals surface area contributed by atoms with Crippen molar-refractivity contribution < 1.29 is 27.4 Å². The predicted molar refractivity (Wildman–Crippen MR) is 90.5 cm³/mol. The maximum Gasteiger partial charge on any atom is 0.339 e. The van der Waals surface area contributed by atoms with Crippen LogP contribution in [0.3, 0.4) is 0 Å². The second-order valence-electron chi connectivity index (χ2n) is 4.81. The molecule has 1 aromatic carbocycles. The van der Waals surface area contributed by atoms with Crippen LogP contribution in [0.1, 0.15) is 17.3 Å². The van der Waals surface area contributed by atoms with Gasteiger partial charge in [0.15, 0.2) is 0 Å². The number of nitrogens with one attached hydrogen (secondary N) is 1. The molecule has 1 aromatic heterocycles. The highest BCUT2D eigenvalue weighted by Gasteiger charge is 2.21. The minimum atomic E-state index is -3.96. The minimum Gasteiger partial charge on any atom is -0.497 e. The van der Waals surface area contributed by atoms with Crippen LogP contribution in [0.5, 0.6) is 11.5 Å². The summed E-state index contributed by atoms with van der Waals surface area (Å²) >= 11 is 0. The molecule has 0 bridgehead atoms. The molecule has 1 N–H and O–H groups in total. The van der Waals surface area contributed by atoms with Gasteiger partial charge in [0.2, 0.25) is 0 Å². The molecule has 8 nitrogen and oxygen atoms in total. The van der Waals surface area contributed by atoms with E-state index in [1.165, 1.54) is 50.9 Å². The van der Waals surface area contributed by atoms with Crippen LogP contribution in [0.25, 0.3) is 0 Å². The van der Waals surface area contributed by atoms with E-state index in [1.54, 1.807) is 6.92 Å². The number of rotatable bonds is 7. The molecule has 0 saturated heterocycles. The number of carbonyl (C=O) groups excluding carboxylic acids is 1. The van der Waals surface area contributed by atoms with Crippen LogP contribution in [0.4, 0.5) is 5.69 Å². The largest absolute Gasteiger partial charge is 0.497 e. The number of ether oxygens (including phenoxy) is 3. The zero-order valence-electron chi connectivity index (χ0n) is 14.0. The summed E-state index contributed by atoms with van der Waals surface area (Å²) in [5, 5.41) is 0. The maximum atomic E-state index is 12.6. The molecule has 0 atom stereocenters. The van der Waals surface area contributed by atoms with Gasteiger partial charge in [-0.15, -0.1) is 0 Å². The second kappa shape index (κ2) is 7.84. The third kappa shape index (κ3) is 4.38. The van der Waals surface area contributed by atoms with Crippen LogP contribution >= 0.6 is 0 Å². The number of sulfonamides is 1. The number of hydrogen-bond acceptors (Lipinski definition) is 7. The van der Waals surface area contributed by atoms with Gasteiger partial charge in [0.1, 0.15) is 16.4 Å². The monoisotopic (exact) mass is 366 g/mol. The predicted octanol–water partition coefficient (Wildman–Crippen LogP) is 2.08. The Morgan fingerprint density at radius 2 is 1.92 bits per heavy atom. The highest BCUT2D eigenvalue weighted by atomic mass is 32.2. The molecule has 0 amide bonds. The van der Waals surface area contributed by atoms with E-state index in [-0.39, 0.29) is 28.5 Å². The molecule has 2 rings (SSSR count). The summed E-state index contributed by atoms with van der Waals surface area (Å²) in [5.41, 5.74) is 0.271. The number of aromatic nitrogens is 1. The summed E-state index contributed by atoms with van der Waals surface area (Å²) < 4.78 is 42.6. The Bertz CT molecular complexity index is 867. The topological polar surface area (TPSA) is 104 Å². The van der Waals surface area contributed by atoms with E-state index >= 15 is 0 Å². The molecular weight excluding hydrogens is 348 g/mol. The van der Waals surface area contributed by atoms with Crippen LogP contribution in [0.2, 0.25) is 0 Å². The summed E-state index contributed by atoms with van der Waals surface area (Å²) in [6.45, 7) is 1.88. The fourth-order valence-corrected chi connectivity index (χ4v) is 3.22. The van der Waals surface area contributed by atoms with Crippen LogP contribution in [-0.2, 0) is 14.8 Å². The van der Waals surface area contributed by atoms with Crippen LogP contribution < -0.4 is 14.2 Å². The second-order valence-corrected chi connectivity index (χ2v) is 6.46. The Hall–Kier alpha value is -2.81. The zero-order chi connectivity index (χ0) is 18.4. The van der Waals surface area contributed by atoms with Gasteiger partial charge in [0.05, 0.1) is 38.3 Å². The van der Waals surface area contributed by atoms with Crippen molar-refractivity contribution >= 4 is 21.7 Å². The smallest absolute Gasteiger partial charge is 0.339 e. The lowest BCUT2D eigenvalue weighted by atomic mass is 10.3. The molecule has 0 unspecified atom stereocenters. The molecule has 0 aliphatic heterocycles. The first-order valence-corrected chi connectivity index (χ1v) is 8.76. The summed E-state index contributed by atoms with van der Waals surface area (Å²) in [6.07, 6.45) is 2.58. The van der Waals surface area contributed by atoms with Crippen molar-refractivity contribution in [3.05, 3.63) is 42.2 Å². The SMILES string of the molecule is CCOC(=O)c1cncc(NS(=O)(=O)c2ccc(OC)cc2OC)c1. The van der Waals surface area contributed by atoms with Crippen LogP contribution in [0, 0.1) is 0 Å². The standard InChI is InChI=1S/C16H18N2O6S/c1-4-24-16(19)11-7-12(10-17-9-11)18-25(20,21)15-6-5-13(22-2)8-14(15)23-3/h5-10,18H,4H2,1-3H3. The van der Waals surface area contributed by atoms with Gasteiger partial charge < -0.3 is 14.2 Å². The average molecular weight is 366 g/mol. The summed E-state index contributed by atoms with van der Waals surface area (Å²) in [4.78, 5) is 15.5. The first-order chi connectivity index (χ1) is 11.9. The van der Waals surface area contributed by atoms with Gasteiger partial charge in [-0.05, 0) is 25.1 Å². The third-order valence-electron chi connectivity index (χ3n) is 3.16. The molecule has 0 fully saturated rings. The van der Waals surface area contributed by atoms with Crippen molar-refractivity contribution in [2.24, 2.45) is 0 Å². The van der Waals surface area contributed by atoms with E-state index in [2.05, 4.69) is 9.71 Å². The lowest BCUT2D eigenvalue weighted by Crippen LogP contribution is -2.15. The molecule has 0 saturated carbocycles. The first kappa shape index (κ1) is 18.5. The van der Waals surface area contributed by atoms with Crippen molar-refractivity contribution in [2.45, 2.75) is 11.8 Å². The molecule has 134 valence electrons. The van der Waals surface area contributed by atoms with E-state index < -0.39 is 16.0 Å². The van der Waals surface area contributed by atoms with E-state index in [9.17, 15) is 13.2 Å². The van der Waals surface area contributed by atoms with Gasteiger partial charge in [-0.3, -0.25) is 9.71 Å². The number of hydrogen-bond donors (Lipinski definition) is 1. The fourth-order valence-electron chi connectivity index (χ4n) is 2.03. The average Bonchev–Trinajstić information content (AvgIpc) is 2.61. The number of esters is 1. The molecule has 0 aliphatic rings. The lowest BCUT2D eigenvalue weighted by molar-refractivity contribution is 0.0526. The Morgan fingerprint density at radius 1 is 1.16 bits per heavy atom. The Morgan fingerprint density at radius 3 is 2.56 bits per heavy atom. The number of methoxy groups -OCH3 is 2. The Balaban J connectivity index is 2.33. The van der Waals surface area contributed by atoms with Crippen LogP contribution in [0.15, 0.2) is 41.6 Å². The van der Waals surface area contributed by atoms with Crippen molar-refractivity contribution in [3.63, 3.8) is 0 Å². The lowest BCUT2D eigenvalue weighted by Gasteiger charge is -2.13. The molecule has 25 heavy (non-hydrogen) atoms. The van der Waals surface area contributed by atoms with Crippen molar-refractivity contribution in [3.8, 4) is 11.5 Å². The molecule has 0 spiro atoms. The van der Waals surface area contributed by atoms with E-state index in [0.717, 1.165) is 0 Å².